The van der Waals surface area contributed by atoms with Crippen molar-refractivity contribution in [1.82, 2.24) is 4.98 Å². The number of nitrogens with zero attached hydrogens (tertiary/aromatic N) is 1. The van der Waals surface area contributed by atoms with E-state index in [4.69, 9.17) is 9.47 Å². The Labute approximate surface area is 153 Å². The van der Waals surface area contributed by atoms with Crippen LogP contribution in [0.2, 0.25) is 0 Å². The number of benzene rings is 2. The van der Waals surface area contributed by atoms with Crippen molar-refractivity contribution in [1.29, 1.82) is 0 Å². The molecule has 128 valence electrons. The smallest absolute Gasteiger partial charge is 0.271 e. The van der Waals surface area contributed by atoms with Gasteiger partial charge in [0.2, 0.25) is 6.10 Å². The van der Waals surface area contributed by atoms with Gasteiger partial charge >= 0.3 is 0 Å². The van der Waals surface area contributed by atoms with Crippen molar-refractivity contribution in [2.24, 2.45) is 0 Å². The molecule has 1 aliphatic rings. The number of hydrogen-bond acceptors (Lipinski definition) is 6. The number of thiazole rings is 1. The second-order valence-corrected chi connectivity index (χ2v) is 7.50. The summed E-state index contributed by atoms with van der Waals surface area (Å²) >= 11 is 3.09. The molecule has 3 aromatic rings. The number of amides is 1. The fourth-order valence-corrected chi connectivity index (χ4v) is 4.25. The lowest BCUT2D eigenvalue weighted by molar-refractivity contribution is -0.128. The van der Waals surface area contributed by atoms with Gasteiger partial charge in [-0.25, -0.2) is 4.98 Å². The van der Waals surface area contributed by atoms with Gasteiger partial charge in [0.05, 0.1) is 10.2 Å². The Morgan fingerprint density at radius 1 is 1.16 bits per heavy atom. The molecule has 1 amide bonds. The third kappa shape index (κ3) is 3.05. The Bertz CT molecular complexity index is 941. The highest BCUT2D eigenvalue weighted by molar-refractivity contribution is 7.98. The predicted octanol–water partition coefficient (Wildman–Crippen LogP) is 4.19. The highest BCUT2D eigenvalue weighted by Crippen LogP contribution is 2.35. The standard InChI is InChI=1S/C18H16N2O3S2/c1-10-16(23-12-7-4-3-6-11(12)22-10)17(21)20-18-19-15-13(24-2)8-5-9-14(15)25-18/h3-10,16H,1-2H3,(H,19,20,21). The molecule has 0 saturated heterocycles. The summed E-state index contributed by atoms with van der Waals surface area (Å²) < 4.78 is 12.7. The number of hydrogen-bond donors (Lipinski definition) is 1. The van der Waals surface area contributed by atoms with E-state index in [2.05, 4.69) is 10.3 Å². The zero-order valence-corrected chi connectivity index (χ0v) is 15.3. The summed E-state index contributed by atoms with van der Waals surface area (Å²) in [6.07, 6.45) is 0.909. The fourth-order valence-electron chi connectivity index (χ4n) is 2.72. The summed E-state index contributed by atoms with van der Waals surface area (Å²) in [6.45, 7) is 1.82. The molecule has 0 radical (unpaired) electrons. The highest BCUT2D eigenvalue weighted by atomic mass is 32.2. The molecule has 5 nitrogen and oxygen atoms in total. The molecule has 0 fully saturated rings. The number of aromatic nitrogens is 1. The molecule has 1 aliphatic heterocycles. The minimum atomic E-state index is -0.720. The van der Waals surface area contributed by atoms with E-state index in [0.29, 0.717) is 16.6 Å². The number of fused-ring (bicyclic) bond motifs is 2. The second kappa shape index (κ2) is 6.57. The van der Waals surface area contributed by atoms with E-state index >= 15 is 0 Å². The molecule has 0 aliphatic carbocycles. The maximum atomic E-state index is 12.7. The van der Waals surface area contributed by atoms with Crippen molar-refractivity contribution in [3.05, 3.63) is 42.5 Å². The molecule has 7 heteroatoms. The molecule has 1 aromatic heterocycles. The maximum absolute atomic E-state index is 12.7. The van der Waals surface area contributed by atoms with Crippen LogP contribution in [0.5, 0.6) is 11.5 Å². The third-order valence-corrected chi connectivity index (χ3v) is 5.64. The average molecular weight is 372 g/mol. The van der Waals surface area contributed by atoms with Crippen LogP contribution >= 0.6 is 23.1 Å². The first-order valence-electron chi connectivity index (χ1n) is 7.82. The van der Waals surface area contributed by atoms with Gasteiger partial charge in [0.15, 0.2) is 16.6 Å². The largest absolute Gasteiger partial charge is 0.482 e. The summed E-state index contributed by atoms with van der Waals surface area (Å²) in [7, 11) is 0. The Balaban J connectivity index is 1.56. The first-order valence-corrected chi connectivity index (χ1v) is 9.86. The molecule has 2 aromatic carbocycles. The van der Waals surface area contributed by atoms with E-state index in [1.807, 2.05) is 49.6 Å². The van der Waals surface area contributed by atoms with Gasteiger partial charge in [-0.2, -0.15) is 0 Å². The number of para-hydroxylation sites is 3. The number of carbonyl (C=O) groups excluding carboxylic acids is 1. The van der Waals surface area contributed by atoms with Gasteiger partial charge in [-0.3, -0.25) is 10.1 Å². The molecular weight excluding hydrogens is 356 g/mol. The minimum Gasteiger partial charge on any atom is -0.482 e. The number of rotatable bonds is 3. The van der Waals surface area contributed by atoms with Crippen molar-refractivity contribution < 1.29 is 14.3 Å². The Morgan fingerprint density at radius 3 is 2.68 bits per heavy atom. The van der Waals surface area contributed by atoms with E-state index in [1.165, 1.54) is 11.3 Å². The lowest BCUT2D eigenvalue weighted by Crippen LogP contribution is -2.46. The van der Waals surface area contributed by atoms with E-state index in [0.717, 1.165) is 15.1 Å². The van der Waals surface area contributed by atoms with Crippen LogP contribution in [-0.4, -0.2) is 29.4 Å². The Morgan fingerprint density at radius 2 is 1.92 bits per heavy atom. The SMILES string of the molecule is CSc1cccc2sc(NC(=O)C3Oc4ccccc4OC3C)nc12. The van der Waals surface area contributed by atoms with Crippen LogP contribution in [-0.2, 0) is 4.79 Å². The molecule has 0 spiro atoms. The first kappa shape index (κ1) is 16.2. The van der Waals surface area contributed by atoms with Crippen molar-refractivity contribution in [3.63, 3.8) is 0 Å². The third-order valence-electron chi connectivity index (χ3n) is 3.93. The highest BCUT2D eigenvalue weighted by Gasteiger charge is 2.34. The summed E-state index contributed by atoms with van der Waals surface area (Å²) in [5.41, 5.74) is 0.912. The van der Waals surface area contributed by atoms with Crippen LogP contribution in [0.1, 0.15) is 6.92 Å². The van der Waals surface area contributed by atoms with E-state index in [9.17, 15) is 4.79 Å². The second-order valence-electron chi connectivity index (χ2n) is 5.62. The van der Waals surface area contributed by atoms with Crippen LogP contribution < -0.4 is 14.8 Å². The number of ether oxygens (including phenoxy) is 2. The summed E-state index contributed by atoms with van der Waals surface area (Å²) in [5, 5.41) is 3.43. The molecular formula is C18H16N2O3S2. The summed E-state index contributed by atoms with van der Waals surface area (Å²) in [4.78, 5) is 18.3. The first-order chi connectivity index (χ1) is 12.2. The van der Waals surface area contributed by atoms with Gasteiger partial charge < -0.3 is 9.47 Å². The van der Waals surface area contributed by atoms with Crippen molar-refractivity contribution in [3.8, 4) is 11.5 Å². The van der Waals surface area contributed by atoms with Crippen LogP contribution in [0.25, 0.3) is 10.2 Å². The van der Waals surface area contributed by atoms with Gasteiger partial charge in [-0.15, -0.1) is 11.8 Å². The molecule has 1 N–H and O–H groups in total. The number of anilines is 1. The van der Waals surface area contributed by atoms with Crippen LogP contribution in [0, 0.1) is 0 Å². The topological polar surface area (TPSA) is 60.5 Å². The van der Waals surface area contributed by atoms with Crippen LogP contribution in [0.15, 0.2) is 47.4 Å². The van der Waals surface area contributed by atoms with Gasteiger partial charge in [0.25, 0.3) is 5.91 Å². The molecule has 0 saturated carbocycles. The van der Waals surface area contributed by atoms with E-state index in [-0.39, 0.29) is 12.0 Å². The lowest BCUT2D eigenvalue weighted by atomic mass is 10.1. The Hall–Kier alpha value is -2.25. The molecule has 25 heavy (non-hydrogen) atoms. The van der Waals surface area contributed by atoms with Gasteiger partial charge in [-0.1, -0.05) is 29.5 Å². The number of carbonyl (C=O) groups is 1. The van der Waals surface area contributed by atoms with E-state index in [1.54, 1.807) is 17.8 Å². The van der Waals surface area contributed by atoms with Gasteiger partial charge in [0.1, 0.15) is 6.10 Å². The van der Waals surface area contributed by atoms with Crippen molar-refractivity contribution >= 4 is 44.4 Å². The van der Waals surface area contributed by atoms with Gasteiger partial charge in [0, 0.05) is 4.90 Å². The number of nitrogens with one attached hydrogen (secondary N) is 1. The van der Waals surface area contributed by atoms with Crippen molar-refractivity contribution in [2.45, 2.75) is 24.0 Å². The summed E-state index contributed by atoms with van der Waals surface area (Å²) in [5.74, 6) is 0.977. The minimum absolute atomic E-state index is 0.258. The molecule has 0 bridgehead atoms. The zero-order chi connectivity index (χ0) is 17.4. The van der Waals surface area contributed by atoms with Crippen LogP contribution in [0.4, 0.5) is 5.13 Å². The van der Waals surface area contributed by atoms with Gasteiger partial charge in [-0.05, 0) is 37.4 Å². The molecule has 2 atom stereocenters. The maximum Gasteiger partial charge on any atom is 0.271 e. The zero-order valence-electron chi connectivity index (χ0n) is 13.7. The summed E-state index contributed by atoms with van der Waals surface area (Å²) in [6, 6.07) is 13.4. The predicted molar refractivity (Wildman–Crippen MR) is 101 cm³/mol. The quantitative estimate of drug-likeness (QED) is 0.699. The lowest BCUT2D eigenvalue weighted by Gasteiger charge is -2.30. The fraction of sp³-hybridized carbons (Fsp3) is 0.222. The molecule has 2 unspecified atom stereocenters. The van der Waals surface area contributed by atoms with E-state index < -0.39 is 6.10 Å². The van der Waals surface area contributed by atoms with Crippen LogP contribution in [0.3, 0.4) is 0 Å². The normalized spacial score (nSPS) is 19.0. The number of thioether (sulfide) groups is 1. The molecule has 2 heterocycles. The van der Waals surface area contributed by atoms with Crippen molar-refractivity contribution in [2.75, 3.05) is 11.6 Å². The monoisotopic (exact) mass is 372 g/mol. The Kier molecular flexibility index (Phi) is 4.27. The molecule has 4 rings (SSSR count). The average Bonchev–Trinajstić information content (AvgIpc) is 3.03.